The van der Waals surface area contributed by atoms with Crippen LogP contribution >= 0.6 is 11.6 Å². The third-order valence-electron chi connectivity index (χ3n) is 4.52. The van der Waals surface area contributed by atoms with Crippen LogP contribution in [0, 0.1) is 0 Å². The molecule has 130 valence electrons. The molecular weight excluding hydrogens is 338 g/mol. The van der Waals surface area contributed by atoms with Gasteiger partial charge in [0.05, 0.1) is 42.1 Å². The summed E-state index contributed by atoms with van der Waals surface area (Å²) in [7, 11) is 1.67. The maximum absolute atomic E-state index is 6.46. The third kappa shape index (κ3) is 3.15. The van der Waals surface area contributed by atoms with Gasteiger partial charge in [0.1, 0.15) is 5.75 Å². The number of hydrogen-bond acceptors (Lipinski definition) is 5. The highest BCUT2D eigenvalue weighted by Gasteiger charge is 2.19. The van der Waals surface area contributed by atoms with E-state index in [4.69, 9.17) is 16.3 Å². The molecule has 1 aliphatic heterocycles. The lowest BCUT2D eigenvalue weighted by atomic mass is 10.2. The van der Waals surface area contributed by atoms with Crippen LogP contribution < -0.4 is 15.0 Å². The predicted molar refractivity (Wildman–Crippen MR) is 99.7 cm³/mol. The number of rotatable bonds is 4. The Morgan fingerprint density at radius 3 is 2.64 bits per heavy atom. The summed E-state index contributed by atoms with van der Waals surface area (Å²) in [4.78, 5) is 6.84. The molecule has 7 heteroatoms. The van der Waals surface area contributed by atoms with E-state index in [1.807, 2.05) is 35.1 Å². The number of benzene rings is 1. The molecule has 0 aliphatic carbocycles. The molecule has 0 saturated carbocycles. The van der Waals surface area contributed by atoms with E-state index in [2.05, 4.69) is 20.3 Å². The van der Waals surface area contributed by atoms with Gasteiger partial charge in [-0.2, -0.15) is 5.10 Å². The van der Waals surface area contributed by atoms with Crippen LogP contribution in [-0.4, -0.2) is 48.1 Å². The Bertz CT molecular complexity index is 871. The topological polar surface area (TPSA) is 55.2 Å². The first-order valence-corrected chi connectivity index (χ1v) is 8.72. The van der Waals surface area contributed by atoms with Gasteiger partial charge in [-0.3, -0.25) is 0 Å². The van der Waals surface area contributed by atoms with Gasteiger partial charge >= 0.3 is 0 Å². The number of nitrogens with one attached hydrogen (secondary N) is 1. The Labute approximate surface area is 151 Å². The van der Waals surface area contributed by atoms with Crippen LogP contribution in [0.5, 0.6) is 5.75 Å². The number of aromatic nitrogens is 3. The van der Waals surface area contributed by atoms with Crippen molar-refractivity contribution in [2.75, 3.05) is 38.2 Å². The number of nitrogens with zero attached hydrogens (tertiary/aromatic N) is 4. The zero-order chi connectivity index (χ0) is 17.2. The maximum Gasteiger partial charge on any atom is 0.160 e. The number of anilines is 1. The van der Waals surface area contributed by atoms with E-state index >= 15 is 0 Å². The minimum atomic E-state index is 0.656. The Hall–Kier alpha value is -2.31. The molecule has 4 rings (SSSR count). The van der Waals surface area contributed by atoms with Crippen molar-refractivity contribution >= 4 is 28.3 Å². The highest BCUT2D eigenvalue weighted by Crippen LogP contribution is 2.33. The van der Waals surface area contributed by atoms with Crippen molar-refractivity contribution in [2.45, 2.75) is 6.54 Å². The number of methoxy groups -OCH3 is 1. The van der Waals surface area contributed by atoms with E-state index < -0.39 is 0 Å². The van der Waals surface area contributed by atoms with Gasteiger partial charge in [0, 0.05) is 26.2 Å². The number of pyridine rings is 1. The smallest absolute Gasteiger partial charge is 0.160 e. The lowest BCUT2D eigenvalue weighted by molar-refractivity contribution is 0.414. The molecule has 1 aliphatic rings. The van der Waals surface area contributed by atoms with Gasteiger partial charge in [-0.25, -0.2) is 9.67 Å². The molecule has 2 aromatic heterocycles. The van der Waals surface area contributed by atoms with Crippen LogP contribution in [0.4, 0.5) is 5.69 Å². The first kappa shape index (κ1) is 16.2. The van der Waals surface area contributed by atoms with Crippen LogP contribution in [-0.2, 0) is 6.54 Å². The average Bonchev–Trinajstić information content (AvgIpc) is 3.05. The molecule has 3 aromatic rings. The number of piperazine rings is 1. The normalized spacial score (nSPS) is 14.9. The Balaban J connectivity index is 1.69. The van der Waals surface area contributed by atoms with Crippen molar-refractivity contribution in [3.8, 4) is 5.75 Å². The second-order valence-corrected chi connectivity index (χ2v) is 6.49. The van der Waals surface area contributed by atoms with Gasteiger partial charge in [-0.15, -0.1) is 0 Å². The summed E-state index contributed by atoms with van der Waals surface area (Å²) in [6.07, 6.45) is 3.60. The van der Waals surface area contributed by atoms with E-state index in [-0.39, 0.29) is 0 Å². The summed E-state index contributed by atoms with van der Waals surface area (Å²) >= 11 is 6.46. The van der Waals surface area contributed by atoms with Gasteiger partial charge in [-0.05, 0) is 17.7 Å². The van der Waals surface area contributed by atoms with Gasteiger partial charge < -0.3 is 15.0 Å². The Morgan fingerprint density at radius 2 is 1.92 bits per heavy atom. The lowest BCUT2D eigenvalue weighted by Crippen LogP contribution is -2.43. The van der Waals surface area contributed by atoms with Crippen molar-refractivity contribution in [3.63, 3.8) is 0 Å². The van der Waals surface area contributed by atoms with Crippen LogP contribution in [0.2, 0.25) is 5.02 Å². The molecule has 3 heterocycles. The molecule has 0 amide bonds. The minimum Gasteiger partial charge on any atom is -0.497 e. The maximum atomic E-state index is 6.46. The molecule has 0 spiro atoms. The first-order valence-electron chi connectivity index (χ1n) is 8.35. The molecule has 1 fully saturated rings. The van der Waals surface area contributed by atoms with Crippen LogP contribution in [0.25, 0.3) is 11.0 Å². The fraction of sp³-hybridized carbons (Fsp3) is 0.333. The Kier molecular flexibility index (Phi) is 4.46. The number of ether oxygens (including phenoxy) is 1. The molecule has 1 aromatic carbocycles. The van der Waals surface area contributed by atoms with Crippen molar-refractivity contribution < 1.29 is 4.74 Å². The molecule has 25 heavy (non-hydrogen) atoms. The quantitative estimate of drug-likeness (QED) is 0.777. The largest absolute Gasteiger partial charge is 0.497 e. The molecule has 1 saturated heterocycles. The molecule has 0 radical (unpaired) electrons. The highest BCUT2D eigenvalue weighted by atomic mass is 35.5. The standard InChI is InChI=1S/C18H20ClN5O/c1-25-14-4-2-13(3-5-14)12-24-18-15(10-22-24)17(16(19)11-21-18)23-8-6-20-7-9-23/h2-5,10-11,20H,6-9,12H2,1H3. The fourth-order valence-electron chi connectivity index (χ4n) is 3.22. The molecule has 0 bridgehead atoms. The first-order chi connectivity index (χ1) is 12.3. The van der Waals surface area contributed by atoms with Gasteiger partial charge in [-0.1, -0.05) is 23.7 Å². The monoisotopic (exact) mass is 357 g/mol. The van der Waals surface area contributed by atoms with Crippen LogP contribution in [0.3, 0.4) is 0 Å². The molecule has 1 N–H and O–H groups in total. The van der Waals surface area contributed by atoms with Gasteiger partial charge in [0.2, 0.25) is 0 Å². The summed E-state index contributed by atoms with van der Waals surface area (Å²) in [5.41, 5.74) is 3.04. The number of hydrogen-bond donors (Lipinski definition) is 1. The summed E-state index contributed by atoms with van der Waals surface area (Å²) in [5, 5.41) is 9.60. The molecular formula is C18H20ClN5O. The van der Waals surface area contributed by atoms with Crippen molar-refractivity contribution in [2.24, 2.45) is 0 Å². The molecule has 0 atom stereocenters. The van der Waals surface area contributed by atoms with E-state index in [0.29, 0.717) is 11.6 Å². The minimum absolute atomic E-state index is 0.656. The molecule has 6 nitrogen and oxygen atoms in total. The lowest BCUT2D eigenvalue weighted by Gasteiger charge is -2.30. The van der Waals surface area contributed by atoms with Crippen LogP contribution in [0.15, 0.2) is 36.7 Å². The van der Waals surface area contributed by atoms with E-state index in [1.165, 1.54) is 0 Å². The van der Waals surface area contributed by atoms with Gasteiger partial charge in [0.25, 0.3) is 0 Å². The predicted octanol–water partition coefficient (Wildman–Crippen LogP) is 2.55. The summed E-state index contributed by atoms with van der Waals surface area (Å²) < 4.78 is 7.13. The SMILES string of the molecule is COc1ccc(Cn2ncc3c(N4CCNCC4)c(Cl)cnc32)cc1. The Morgan fingerprint density at radius 1 is 1.16 bits per heavy atom. The second-order valence-electron chi connectivity index (χ2n) is 6.08. The summed E-state index contributed by atoms with van der Waals surface area (Å²) in [6, 6.07) is 7.99. The number of fused-ring (bicyclic) bond motifs is 1. The van der Waals surface area contributed by atoms with Crippen molar-refractivity contribution in [3.05, 3.63) is 47.2 Å². The summed E-state index contributed by atoms with van der Waals surface area (Å²) in [6.45, 7) is 4.44. The average molecular weight is 358 g/mol. The van der Waals surface area contributed by atoms with Crippen molar-refractivity contribution in [1.29, 1.82) is 0 Å². The van der Waals surface area contributed by atoms with Crippen LogP contribution in [0.1, 0.15) is 5.56 Å². The number of halogens is 1. The highest BCUT2D eigenvalue weighted by molar-refractivity contribution is 6.34. The zero-order valence-electron chi connectivity index (χ0n) is 14.1. The zero-order valence-corrected chi connectivity index (χ0v) is 14.8. The third-order valence-corrected chi connectivity index (χ3v) is 4.79. The van der Waals surface area contributed by atoms with E-state index in [9.17, 15) is 0 Å². The van der Waals surface area contributed by atoms with Gasteiger partial charge in [0.15, 0.2) is 5.65 Å². The molecule has 0 unspecified atom stereocenters. The second kappa shape index (κ2) is 6.90. The van der Waals surface area contributed by atoms with Crippen molar-refractivity contribution in [1.82, 2.24) is 20.1 Å². The van der Waals surface area contributed by atoms with E-state index in [0.717, 1.165) is 54.2 Å². The summed E-state index contributed by atoms with van der Waals surface area (Å²) in [5.74, 6) is 0.847. The van der Waals surface area contributed by atoms with E-state index in [1.54, 1.807) is 13.3 Å². The fourth-order valence-corrected chi connectivity index (χ4v) is 3.49.